The Labute approximate surface area is 137 Å². The summed E-state index contributed by atoms with van der Waals surface area (Å²) in [6.07, 6.45) is 2.22. The summed E-state index contributed by atoms with van der Waals surface area (Å²) in [5, 5.41) is 13.9. The summed E-state index contributed by atoms with van der Waals surface area (Å²) in [4.78, 5) is 17.0. The van der Waals surface area contributed by atoms with Crippen molar-refractivity contribution in [2.45, 2.75) is 26.3 Å². The van der Waals surface area contributed by atoms with Crippen LogP contribution in [0.2, 0.25) is 0 Å². The second-order valence-corrected chi connectivity index (χ2v) is 5.26. The Bertz CT molecular complexity index is 503. The lowest BCUT2D eigenvalue weighted by Gasteiger charge is -2.22. The van der Waals surface area contributed by atoms with Crippen LogP contribution in [0.5, 0.6) is 0 Å². The van der Waals surface area contributed by atoms with Gasteiger partial charge >= 0.3 is 0 Å². The first-order chi connectivity index (χ1) is 11.1. The van der Waals surface area contributed by atoms with Crippen molar-refractivity contribution in [2.24, 2.45) is 4.99 Å². The molecular weight excluding hydrogens is 296 g/mol. The molecule has 0 bridgehead atoms. The third kappa shape index (κ3) is 7.10. The molecule has 1 aromatic carbocycles. The van der Waals surface area contributed by atoms with Crippen molar-refractivity contribution in [3.05, 3.63) is 39.9 Å². The van der Waals surface area contributed by atoms with Gasteiger partial charge in [0.05, 0.1) is 18.1 Å². The Morgan fingerprint density at radius 3 is 2.65 bits per heavy atom. The number of nitrogens with zero attached hydrogens (tertiary/aromatic N) is 3. The van der Waals surface area contributed by atoms with Gasteiger partial charge in [-0.1, -0.05) is 25.5 Å². The smallest absolute Gasteiger partial charge is 0.269 e. The molecule has 0 aromatic heterocycles. The first kappa shape index (κ1) is 18.9. The van der Waals surface area contributed by atoms with E-state index in [1.807, 2.05) is 7.05 Å². The van der Waals surface area contributed by atoms with Crippen LogP contribution in [0.3, 0.4) is 0 Å². The highest BCUT2D eigenvalue weighted by atomic mass is 16.6. The Morgan fingerprint density at radius 2 is 2.09 bits per heavy atom. The number of rotatable bonds is 9. The van der Waals surface area contributed by atoms with Crippen molar-refractivity contribution in [3.63, 3.8) is 0 Å². The minimum atomic E-state index is -0.399. The molecule has 0 unspecified atom stereocenters. The van der Waals surface area contributed by atoms with Gasteiger partial charge in [-0.2, -0.15) is 0 Å². The number of nitrogens with one attached hydrogen (secondary N) is 1. The number of methoxy groups -OCH3 is 1. The van der Waals surface area contributed by atoms with E-state index in [2.05, 4.69) is 22.1 Å². The topological polar surface area (TPSA) is 80.0 Å². The van der Waals surface area contributed by atoms with Gasteiger partial charge < -0.3 is 15.0 Å². The van der Waals surface area contributed by atoms with Crippen LogP contribution in [0.15, 0.2) is 29.3 Å². The van der Waals surface area contributed by atoms with E-state index in [0.29, 0.717) is 19.7 Å². The molecule has 1 N–H and O–H groups in total. The fourth-order valence-electron chi connectivity index (χ4n) is 1.97. The summed E-state index contributed by atoms with van der Waals surface area (Å²) in [6.45, 7) is 4.85. The summed E-state index contributed by atoms with van der Waals surface area (Å²) in [5.41, 5.74) is 1.03. The van der Waals surface area contributed by atoms with Crippen LogP contribution in [0.25, 0.3) is 0 Å². The molecule has 0 saturated heterocycles. The molecule has 0 aliphatic heterocycles. The molecule has 0 spiro atoms. The predicted octanol–water partition coefficient (Wildman–Crippen LogP) is 2.42. The van der Waals surface area contributed by atoms with Crippen molar-refractivity contribution < 1.29 is 9.66 Å². The monoisotopic (exact) mass is 322 g/mol. The molecule has 0 fully saturated rings. The van der Waals surface area contributed by atoms with E-state index >= 15 is 0 Å². The zero-order valence-electron chi connectivity index (χ0n) is 14.1. The number of ether oxygens (including phenoxy) is 1. The molecule has 0 aliphatic rings. The lowest BCUT2D eigenvalue weighted by molar-refractivity contribution is -0.384. The molecule has 0 atom stereocenters. The van der Waals surface area contributed by atoms with Crippen LogP contribution in [0.4, 0.5) is 5.69 Å². The van der Waals surface area contributed by atoms with Gasteiger partial charge in [-0.25, -0.2) is 4.99 Å². The van der Waals surface area contributed by atoms with Gasteiger partial charge in [0.25, 0.3) is 5.69 Å². The van der Waals surface area contributed by atoms with Crippen molar-refractivity contribution in [2.75, 3.05) is 33.9 Å². The van der Waals surface area contributed by atoms with E-state index in [9.17, 15) is 10.1 Å². The van der Waals surface area contributed by atoms with Crippen LogP contribution in [-0.2, 0) is 11.3 Å². The van der Waals surface area contributed by atoms with Crippen molar-refractivity contribution in [1.82, 2.24) is 10.2 Å². The number of benzene rings is 1. The number of aliphatic imine (C=N–C) groups is 1. The minimum absolute atomic E-state index is 0.0937. The maximum atomic E-state index is 10.7. The molecule has 0 heterocycles. The lowest BCUT2D eigenvalue weighted by atomic mass is 10.2. The number of hydrogen-bond acceptors (Lipinski definition) is 4. The fraction of sp³-hybridized carbons (Fsp3) is 0.562. The molecular formula is C16H26N4O3. The largest absolute Gasteiger partial charge is 0.383 e. The first-order valence-electron chi connectivity index (χ1n) is 7.80. The second kappa shape index (κ2) is 10.6. The quantitative estimate of drug-likeness (QED) is 0.248. The second-order valence-electron chi connectivity index (χ2n) is 5.26. The summed E-state index contributed by atoms with van der Waals surface area (Å²) < 4.78 is 5.05. The first-order valence-corrected chi connectivity index (χ1v) is 7.80. The Balaban J connectivity index is 2.70. The van der Waals surface area contributed by atoms with Gasteiger partial charge in [0, 0.05) is 39.4 Å². The highest BCUT2D eigenvalue weighted by molar-refractivity contribution is 5.79. The molecule has 0 aliphatic carbocycles. The van der Waals surface area contributed by atoms with Crippen molar-refractivity contribution >= 4 is 11.6 Å². The summed E-state index contributed by atoms with van der Waals surface area (Å²) in [5.74, 6) is 0.814. The number of hydrogen-bond donors (Lipinski definition) is 1. The number of non-ortho nitro benzene ring substituents is 1. The van der Waals surface area contributed by atoms with Gasteiger partial charge in [-0.05, 0) is 12.0 Å². The van der Waals surface area contributed by atoms with E-state index in [1.165, 1.54) is 12.1 Å². The standard InChI is InChI=1S/C16H26N4O3/c1-4-5-11-19(2)16(17-10-12-23-3)18-13-14-6-8-15(9-7-14)20(21)22/h6-9H,4-5,10-13H2,1-3H3,(H,17,18). The van der Waals surface area contributed by atoms with Gasteiger partial charge in [-0.3, -0.25) is 10.1 Å². The Hall–Kier alpha value is -2.15. The maximum absolute atomic E-state index is 10.7. The van der Waals surface area contributed by atoms with Gasteiger partial charge in [-0.15, -0.1) is 0 Å². The summed E-state index contributed by atoms with van der Waals surface area (Å²) >= 11 is 0. The van der Waals surface area contributed by atoms with Crippen LogP contribution in [0, 0.1) is 10.1 Å². The molecule has 0 saturated carbocycles. The van der Waals surface area contributed by atoms with E-state index in [4.69, 9.17) is 4.74 Å². The van der Waals surface area contributed by atoms with Gasteiger partial charge in [0.2, 0.25) is 0 Å². The summed E-state index contributed by atoms with van der Waals surface area (Å²) in [7, 11) is 3.67. The SMILES string of the molecule is CCCCN(C)C(=NCc1ccc([N+](=O)[O-])cc1)NCCOC. The zero-order valence-corrected chi connectivity index (χ0v) is 14.1. The van der Waals surface area contributed by atoms with E-state index < -0.39 is 4.92 Å². The lowest BCUT2D eigenvalue weighted by Crippen LogP contribution is -2.40. The van der Waals surface area contributed by atoms with Gasteiger partial charge in [0.15, 0.2) is 5.96 Å². The Kier molecular flexibility index (Phi) is 8.67. The number of nitro benzene ring substituents is 1. The van der Waals surface area contributed by atoms with E-state index in [0.717, 1.165) is 30.9 Å². The maximum Gasteiger partial charge on any atom is 0.269 e. The van der Waals surface area contributed by atoms with Gasteiger partial charge in [0.1, 0.15) is 0 Å². The normalized spacial score (nSPS) is 11.3. The van der Waals surface area contributed by atoms with Crippen molar-refractivity contribution in [3.8, 4) is 0 Å². The highest BCUT2D eigenvalue weighted by Crippen LogP contribution is 2.12. The molecule has 1 rings (SSSR count). The average Bonchev–Trinajstić information content (AvgIpc) is 2.56. The fourth-order valence-corrected chi connectivity index (χ4v) is 1.97. The molecule has 1 aromatic rings. The van der Waals surface area contributed by atoms with E-state index in [1.54, 1.807) is 19.2 Å². The third-order valence-electron chi connectivity index (χ3n) is 3.36. The van der Waals surface area contributed by atoms with Crippen LogP contribution in [-0.4, -0.2) is 49.6 Å². The molecule has 0 radical (unpaired) electrons. The highest BCUT2D eigenvalue weighted by Gasteiger charge is 2.07. The third-order valence-corrected chi connectivity index (χ3v) is 3.36. The molecule has 0 amide bonds. The van der Waals surface area contributed by atoms with Crippen molar-refractivity contribution in [1.29, 1.82) is 0 Å². The average molecular weight is 322 g/mol. The Morgan fingerprint density at radius 1 is 1.39 bits per heavy atom. The van der Waals surface area contributed by atoms with Crippen LogP contribution in [0.1, 0.15) is 25.3 Å². The van der Waals surface area contributed by atoms with Crippen LogP contribution < -0.4 is 5.32 Å². The molecule has 7 nitrogen and oxygen atoms in total. The summed E-state index contributed by atoms with van der Waals surface area (Å²) in [6, 6.07) is 6.48. The molecule has 7 heteroatoms. The number of guanidine groups is 1. The minimum Gasteiger partial charge on any atom is -0.383 e. The van der Waals surface area contributed by atoms with Crippen LogP contribution >= 0.6 is 0 Å². The molecule has 23 heavy (non-hydrogen) atoms. The van der Waals surface area contributed by atoms with E-state index in [-0.39, 0.29) is 5.69 Å². The number of nitro groups is 1. The molecule has 128 valence electrons. The predicted molar refractivity (Wildman–Crippen MR) is 91.7 cm³/mol. The zero-order chi connectivity index (χ0) is 17.1. The number of unbranched alkanes of at least 4 members (excludes halogenated alkanes) is 1.